The summed E-state index contributed by atoms with van der Waals surface area (Å²) in [4.78, 5) is 26.5. The highest BCUT2D eigenvalue weighted by molar-refractivity contribution is 9.16. The predicted octanol–water partition coefficient (Wildman–Crippen LogP) is 6.93. The molecule has 124 valence electrons. The monoisotopic (exact) mass is 436 g/mol. The molecular weight excluding hydrogens is 430 g/mol. The standard InChI is InChI=1S/C16H8Cl4O2S2/c17-24(18,19,20)12-8-4-2-6-10(12)14(22)16(24)15-13(21)9-5-1-3-7-11(9)23-15/h1-8H/b16-15-. The molecule has 0 N–H and O–H groups in total. The second-order valence-corrected chi connectivity index (χ2v) is 21.6. The fraction of sp³-hybridized carbons (Fsp3) is 0. The van der Waals surface area contributed by atoms with Gasteiger partial charge >= 0.3 is 0 Å². The van der Waals surface area contributed by atoms with E-state index >= 15 is 0 Å². The lowest BCUT2D eigenvalue weighted by Crippen LogP contribution is -2.13. The van der Waals surface area contributed by atoms with Crippen LogP contribution in [0.2, 0.25) is 0 Å². The van der Waals surface area contributed by atoms with E-state index in [0.29, 0.717) is 10.5 Å². The van der Waals surface area contributed by atoms with Gasteiger partial charge in [-0.3, -0.25) is 9.59 Å². The lowest BCUT2D eigenvalue weighted by atomic mass is 10.1. The smallest absolute Gasteiger partial charge is 0.203 e. The molecule has 0 fully saturated rings. The Labute approximate surface area is 159 Å². The number of fused-ring (bicyclic) bond motifs is 2. The van der Waals surface area contributed by atoms with Gasteiger partial charge in [-0.25, -0.2) is 0 Å². The third-order valence-corrected chi connectivity index (χ3v) is 11.5. The maximum Gasteiger partial charge on any atom is 0.203 e. The van der Waals surface area contributed by atoms with Gasteiger partial charge in [0.2, 0.25) is 11.6 Å². The minimum Gasteiger partial charge on any atom is -0.288 e. The van der Waals surface area contributed by atoms with Crippen molar-refractivity contribution in [2.24, 2.45) is 0 Å². The second-order valence-electron chi connectivity index (χ2n) is 5.48. The first-order valence-corrected chi connectivity index (χ1v) is 13.3. The van der Waals surface area contributed by atoms with E-state index in [4.69, 9.17) is 42.7 Å². The molecule has 0 saturated heterocycles. The first-order chi connectivity index (χ1) is 11.0. The van der Waals surface area contributed by atoms with Gasteiger partial charge in [0.25, 0.3) is 0 Å². The molecule has 0 bridgehead atoms. The number of hydrogen-bond donors (Lipinski definition) is 0. The molecule has 8 heteroatoms. The van der Waals surface area contributed by atoms with Gasteiger partial charge in [0.1, 0.15) is 0 Å². The maximum absolute atomic E-state index is 13.0. The molecule has 0 unspecified atom stereocenters. The number of rotatable bonds is 0. The van der Waals surface area contributed by atoms with Gasteiger partial charge in [-0.05, 0) is 67.0 Å². The Bertz CT molecular complexity index is 1000. The van der Waals surface area contributed by atoms with E-state index in [1.807, 2.05) is 0 Å². The van der Waals surface area contributed by atoms with Crippen LogP contribution in [0.1, 0.15) is 20.7 Å². The minimum absolute atomic E-state index is 0.0917. The van der Waals surface area contributed by atoms with Crippen LogP contribution in [0.3, 0.4) is 0 Å². The Kier molecular flexibility index (Phi) is 3.20. The number of carbonyl (C=O) groups excluding carboxylic acids is 2. The van der Waals surface area contributed by atoms with Crippen LogP contribution in [-0.2, 0) is 0 Å². The van der Waals surface area contributed by atoms with Crippen LogP contribution >= 0.6 is 59.6 Å². The average molecular weight is 438 g/mol. The van der Waals surface area contributed by atoms with Gasteiger partial charge in [0.05, 0.1) is 9.81 Å². The molecule has 0 radical (unpaired) electrons. The van der Waals surface area contributed by atoms with Crippen LogP contribution in [0.15, 0.2) is 68.1 Å². The van der Waals surface area contributed by atoms with Crippen molar-refractivity contribution in [3.8, 4) is 0 Å². The van der Waals surface area contributed by atoms with E-state index in [-0.39, 0.29) is 26.1 Å². The number of hydrogen-bond acceptors (Lipinski definition) is 3. The molecule has 0 aliphatic carbocycles. The molecule has 2 aliphatic rings. The van der Waals surface area contributed by atoms with E-state index in [0.717, 1.165) is 11.8 Å². The molecule has 2 aromatic rings. The van der Waals surface area contributed by atoms with Crippen molar-refractivity contribution in [2.45, 2.75) is 9.79 Å². The van der Waals surface area contributed by atoms with Crippen LogP contribution in [0.4, 0.5) is 0 Å². The molecule has 24 heavy (non-hydrogen) atoms. The molecule has 2 heterocycles. The Morgan fingerprint density at radius 1 is 0.750 bits per heavy atom. The van der Waals surface area contributed by atoms with E-state index in [2.05, 4.69) is 0 Å². The number of halogens is 4. The van der Waals surface area contributed by atoms with E-state index in [9.17, 15) is 9.59 Å². The first-order valence-electron chi connectivity index (χ1n) is 6.75. The number of carbonyl (C=O) groups is 2. The summed E-state index contributed by atoms with van der Waals surface area (Å²) in [5.41, 5.74) is 0.699. The fourth-order valence-electron chi connectivity index (χ4n) is 2.89. The number of allylic oxidation sites excluding steroid dienone is 2. The quantitative estimate of drug-likeness (QED) is 0.418. The van der Waals surface area contributed by atoms with Crippen molar-refractivity contribution in [3.63, 3.8) is 0 Å². The van der Waals surface area contributed by atoms with Gasteiger partial charge < -0.3 is 0 Å². The zero-order valence-electron chi connectivity index (χ0n) is 11.8. The van der Waals surface area contributed by atoms with Gasteiger partial charge in [-0.15, -0.1) is 0 Å². The summed E-state index contributed by atoms with van der Waals surface area (Å²) >= 11 is 1.12. The highest BCUT2D eigenvalue weighted by Gasteiger charge is 2.69. The second kappa shape index (κ2) is 4.56. The van der Waals surface area contributed by atoms with Crippen LogP contribution in [0, 0.1) is 0 Å². The normalized spacial score (nSPS) is 28.3. The van der Waals surface area contributed by atoms with Gasteiger partial charge in [-0.1, -0.05) is 36.0 Å². The summed E-state index contributed by atoms with van der Waals surface area (Å²) < 4.78 is 0. The van der Waals surface area contributed by atoms with Crippen molar-refractivity contribution in [2.75, 3.05) is 0 Å². The molecule has 0 atom stereocenters. The molecule has 0 spiro atoms. The molecule has 0 amide bonds. The van der Waals surface area contributed by atoms with Crippen LogP contribution in [0.25, 0.3) is 0 Å². The Morgan fingerprint density at radius 2 is 1.33 bits per heavy atom. The Hall–Kier alpha value is -0.620. The summed E-state index contributed by atoms with van der Waals surface area (Å²) in [6.45, 7) is 0. The number of ketones is 2. The summed E-state index contributed by atoms with van der Waals surface area (Å²) in [6.07, 6.45) is 0. The van der Waals surface area contributed by atoms with Crippen molar-refractivity contribution < 1.29 is 9.59 Å². The van der Waals surface area contributed by atoms with Crippen LogP contribution in [0.5, 0.6) is 0 Å². The summed E-state index contributed by atoms with van der Waals surface area (Å²) in [6, 6.07) is 13.4. The molecule has 2 aliphatic heterocycles. The number of Topliss-reactive ketones (excluding diaryl/α,β-unsaturated/α-hetero) is 2. The van der Waals surface area contributed by atoms with Crippen molar-refractivity contribution >= 4 is 71.2 Å². The van der Waals surface area contributed by atoms with Crippen LogP contribution < -0.4 is 0 Å². The lowest BCUT2D eigenvalue weighted by molar-refractivity contribution is 0.101. The van der Waals surface area contributed by atoms with Crippen molar-refractivity contribution in [3.05, 3.63) is 69.5 Å². The first kappa shape index (κ1) is 16.8. The number of thioether (sulfide) groups is 1. The Balaban J connectivity index is 2.09. The van der Waals surface area contributed by atoms with Crippen molar-refractivity contribution in [1.29, 1.82) is 0 Å². The van der Waals surface area contributed by atoms with Gasteiger partial charge in [0, 0.05) is 26.1 Å². The average Bonchev–Trinajstić information content (AvgIpc) is 2.89. The molecule has 2 nitrogen and oxygen atoms in total. The SMILES string of the molecule is O=C1/C(=C2\C(=O)c3ccccc3S2(Cl)(Cl)(Cl)Cl)Sc2ccccc21. The van der Waals surface area contributed by atoms with Crippen LogP contribution in [-0.4, -0.2) is 11.6 Å². The van der Waals surface area contributed by atoms with Crippen molar-refractivity contribution in [1.82, 2.24) is 0 Å². The zero-order valence-corrected chi connectivity index (χ0v) is 16.4. The molecule has 0 aromatic heterocycles. The molecular formula is C16H8Cl4O2S2. The third kappa shape index (κ3) is 2.08. The van der Waals surface area contributed by atoms with E-state index < -0.39 is 10.9 Å². The summed E-state index contributed by atoms with van der Waals surface area (Å²) in [5, 5.41) is -5.17. The summed E-state index contributed by atoms with van der Waals surface area (Å²) in [7, 11) is 26.5. The fourth-order valence-corrected chi connectivity index (χ4v) is 10.7. The predicted molar refractivity (Wildman–Crippen MR) is 104 cm³/mol. The Morgan fingerprint density at radius 3 is 1.96 bits per heavy atom. The van der Waals surface area contributed by atoms with E-state index in [1.54, 1.807) is 42.5 Å². The third-order valence-electron chi connectivity index (χ3n) is 3.95. The minimum atomic E-state index is -5.17. The van der Waals surface area contributed by atoms with Gasteiger partial charge in [0.15, 0.2) is 0 Å². The molecule has 2 aromatic carbocycles. The highest BCUT2D eigenvalue weighted by Crippen LogP contribution is 3.15. The maximum atomic E-state index is 13.0. The zero-order chi connectivity index (χ0) is 17.4. The number of benzene rings is 2. The van der Waals surface area contributed by atoms with E-state index in [1.165, 1.54) is 6.07 Å². The molecule has 4 rings (SSSR count). The lowest BCUT2D eigenvalue weighted by Gasteiger charge is -2.55. The summed E-state index contributed by atoms with van der Waals surface area (Å²) in [5.74, 6) is -0.856. The topological polar surface area (TPSA) is 34.1 Å². The highest BCUT2D eigenvalue weighted by atomic mass is 36.4. The van der Waals surface area contributed by atoms with Gasteiger partial charge in [-0.2, -0.15) is 0 Å². The largest absolute Gasteiger partial charge is 0.288 e. The molecule has 0 saturated carbocycles.